The maximum atomic E-state index is 10.9. The van der Waals surface area contributed by atoms with Crippen LogP contribution in [0.3, 0.4) is 0 Å². The van der Waals surface area contributed by atoms with E-state index in [0.717, 1.165) is 5.69 Å². The number of cyclic esters (lactones) is 1. The Hall–Kier alpha value is -1.52. The first-order chi connectivity index (χ1) is 6.18. The third-order valence-corrected chi connectivity index (χ3v) is 2.18. The molecule has 1 N–H and O–H groups in total. The molecule has 1 amide bonds. The average Bonchev–Trinajstić information content (AvgIpc) is 2.58. The number of carbonyl (C=O) groups excluding carboxylic acids is 1. The van der Waals surface area contributed by atoms with Gasteiger partial charge in [0.1, 0.15) is 0 Å². The van der Waals surface area contributed by atoms with Crippen LogP contribution in [-0.4, -0.2) is 21.7 Å². The number of nitrogens with zero attached hydrogens (tertiary/aromatic N) is 2. The number of aromatic nitrogens is 2. The topological polar surface area (TPSA) is 56.1 Å². The molecule has 1 aliphatic rings. The number of rotatable bonds is 1. The van der Waals surface area contributed by atoms with E-state index >= 15 is 0 Å². The van der Waals surface area contributed by atoms with Crippen LogP contribution >= 0.6 is 0 Å². The Morgan fingerprint density at radius 3 is 2.92 bits per heavy atom. The Morgan fingerprint density at radius 2 is 2.46 bits per heavy atom. The predicted octanol–water partition coefficient (Wildman–Crippen LogP) is 0.590. The van der Waals surface area contributed by atoms with Crippen molar-refractivity contribution in [1.29, 1.82) is 0 Å². The molecular weight excluding hydrogens is 170 g/mol. The Morgan fingerprint density at radius 1 is 1.69 bits per heavy atom. The van der Waals surface area contributed by atoms with E-state index in [-0.39, 0.29) is 18.2 Å². The molecule has 5 nitrogen and oxygen atoms in total. The minimum absolute atomic E-state index is 0.00269. The molecule has 1 aliphatic heterocycles. The van der Waals surface area contributed by atoms with Gasteiger partial charge < -0.3 is 14.6 Å². The highest BCUT2D eigenvalue weighted by Crippen LogP contribution is 2.24. The van der Waals surface area contributed by atoms with Gasteiger partial charge in [0.2, 0.25) is 0 Å². The largest absolute Gasteiger partial charge is 0.438 e. The standard InChI is InChI=1S/C8H11N3O2/c1-5-7(13-8(12)10-5)6-3-9-4-11(6)2/h3-5,7H,1-2H3,(H,10,12)/t5-,7-/m0/s1. The van der Waals surface area contributed by atoms with Gasteiger partial charge in [0.25, 0.3) is 0 Å². The van der Waals surface area contributed by atoms with Gasteiger partial charge in [-0.3, -0.25) is 0 Å². The summed E-state index contributed by atoms with van der Waals surface area (Å²) in [5.41, 5.74) is 0.908. The number of carbonyl (C=O) groups is 1. The van der Waals surface area contributed by atoms with Crippen LogP contribution in [0.25, 0.3) is 0 Å². The zero-order valence-corrected chi connectivity index (χ0v) is 7.52. The summed E-state index contributed by atoms with van der Waals surface area (Å²) in [5.74, 6) is 0. The van der Waals surface area contributed by atoms with Crippen molar-refractivity contribution in [1.82, 2.24) is 14.9 Å². The number of aryl methyl sites for hydroxylation is 1. The van der Waals surface area contributed by atoms with Crippen LogP contribution in [0.1, 0.15) is 18.7 Å². The first-order valence-electron chi connectivity index (χ1n) is 4.12. The van der Waals surface area contributed by atoms with E-state index in [9.17, 15) is 4.79 Å². The van der Waals surface area contributed by atoms with Crippen molar-refractivity contribution in [2.45, 2.75) is 19.1 Å². The van der Waals surface area contributed by atoms with Gasteiger partial charge in [-0.2, -0.15) is 0 Å². The fourth-order valence-corrected chi connectivity index (χ4v) is 1.47. The van der Waals surface area contributed by atoms with E-state index in [1.165, 1.54) is 0 Å². The lowest BCUT2D eigenvalue weighted by molar-refractivity contribution is 0.130. The summed E-state index contributed by atoms with van der Waals surface area (Å²) in [7, 11) is 1.88. The van der Waals surface area contributed by atoms with E-state index in [4.69, 9.17) is 4.74 Å². The molecule has 0 aliphatic carbocycles. The molecule has 2 rings (SSSR count). The van der Waals surface area contributed by atoms with E-state index in [1.54, 1.807) is 12.5 Å². The number of ether oxygens (including phenoxy) is 1. The van der Waals surface area contributed by atoms with Crippen LogP contribution in [0, 0.1) is 0 Å². The van der Waals surface area contributed by atoms with Gasteiger partial charge in [0, 0.05) is 7.05 Å². The summed E-state index contributed by atoms with van der Waals surface area (Å²) in [6.45, 7) is 1.91. The fourth-order valence-electron chi connectivity index (χ4n) is 1.47. The average molecular weight is 181 g/mol. The van der Waals surface area contributed by atoms with Crippen LogP contribution in [0.15, 0.2) is 12.5 Å². The summed E-state index contributed by atoms with van der Waals surface area (Å²) >= 11 is 0. The lowest BCUT2D eigenvalue weighted by Crippen LogP contribution is -2.24. The monoisotopic (exact) mass is 181 g/mol. The highest BCUT2D eigenvalue weighted by molar-refractivity contribution is 5.70. The van der Waals surface area contributed by atoms with Gasteiger partial charge in [-0.25, -0.2) is 9.78 Å². The van der Waals surface area contributed by atoms with Crippen LogP contribution in [0.5, 0.6) is 0 Å². The fraction of sp³-hybridized carbons (Fsp3) is 0.500. The number of nitrogens with one attached hydrogen (secondary N) is 1. The van der Waals surface area contributed by atoms with E-state index in [2.05, 4.69) is 10.3 Å². The molecule has 1 aromatic rings. The number of amides is 1. The summed E-state index contributed by atoms with van der Waals surface area (Å²) < 4.78 is 6.94. The Kier molecular flexibility index (Phi) is 1.72. The Labute approximate surface area is 75.7 Å². The quantitative estimate of drug-likeness (QED) is 0.689. The van der Waals surface area contributed by atoms with Crippen LogP contribution in [0.4, 0.5) is 4.79 Å². The highest BCUT2D eigenvalue weighted by atomic mass is 16.6. The molecule has 0 unspecified atom stereocenters. The molecule has 1 aromatic heterocycles. The first-order valence-corrected chi connectivity index (χ1v) is 4.12. The molecule has 1 fully saturated rings. The van der Waals surface area contributed by atoms with Gasteiger partial charge in [-0.1, -0.05) is 0 Å². The lowest BCUT2D eigenvalue weighted by Gasteiger charge is -2.12. The zero-order valence-electron chi connectivity index (χ0n) is 7.52. The summed E-state index contributed by atoms with van der Waals surface area (Å²) in [6, 6.07) is 0.00269. The minimum atomic E-state index is -0.362. The minimum Gasteiger partial charge on any atom is -0.438 e. The summed E-state index contributed by atoms with van der Waals surface area (Å²) in [6.07, 6.45) is 2.81. The molecule has 0 aromatic carbocycles. The maximum absolute atomic E-state index is 10.9. The lowest BCUT2D eigenvalue weighted by atomic mass is 10.1. The van der Waals surface area contributed by atoms with Crippen LogP contribution < -0.4 is 5.32 Å². The van der Waals surface area contributed by atoms with Crippen molar-refractivity contribution >= 4 is 6.09 Å². The van der Waals surface area contributed by atoms with Gasteiger partial charge in [0.15, 0.2) is 6.10 Å². The van der Waals surface area contributed by atoms with Gasteiger partial charge >= 0.3 is 6.09 Å². The van der Waals surface area contributed by atoms with Crippen LogP contribution in [-0.2, 0) is 11.8 Å². The predicted molar refractivity (Wildman–Crippen MR) is 45.0 cm³/mol. The van der Waals surface area contributed by atoms with Crippen molar-refractivity contribution < 1.29 is 9.53 Å². The molecule has 70 valence electrons. The SMILES string of the molecule is C[C@@H]1NC(=O)O[C@@H]1c1cncn1C. The zero-order chi connectivity index (χ0) is 9.42. The maximum Gasteiger partial charge on any atom is 0.408 e. The van der Waals surface area contributed by atoms with Crippen molar-refractivity contribution in [2.24, 2.45) is 7.05 Å². The van der Waals surface area contributed by atoms with Crippen molar-refractivity contribution in [2.75, 3.05) is 0 Å². The number of hydrogen-bond donors (Lipinski definition) is 1. The van der Waals surface area contributed by atoms with Gasteiger partial charge in [-0.15, -0.1) is 0 Å². The smallest absolute Gasteiger partial charge is 0.408 e. The molecule has 2 heterocycles. The molecule has 1 saturated heterocycles. The molecule has 13 heavy (non-hydrogen) atoms. The van der Waals surface area contributed by atoms with E-state index in [0.29, 0.717) is 0 Å². The van der Waals surface area contributed by atoms with Crippen molar-refractivity contribution in [3.8, 4) is 0 Å². The first kappa shape index (κ1) is 8.10. The second-order valence-electron chi connectivity index (χ2n) is 3.19. The number of hydrogen-bond acceptors (Lipinski definition) is 3. The molecule has 0 spiro atoms. The summed E-state index contributed by atoms with van der Waals surface area (Å²) in [4.78, 5) is 14.9. The molecule has 5 heteroatoms. The molecule has 0 saturated carbocycles. The third kappa shape index (κ3) is 1.26. The number of alkyl carbamates (subject to hydrolysis) is 1. The van der Waals surface area contributed by atoms with E-state index in [1.807, 2.05) is 18.5 Å². The second-order valence-corrected chi connectivity index (χ2v) is 3.19. The Bertz CT molecular complexity index is 334. The summed E-state index contributed by atoms with van der Waals surface area (Å²) in [5, 5.41) is 2.68. The van der Waals surface area contributed by atoms with Crippen LogP contribution in [0.2, 0.25) is 0 Å². The second kappa shape index (κ2) is 2.76. The van der Waals surface area contributed by atoms with E-state index < -0.39 is 0 Å². The molecule has 0 bridgehead atoms. The van der Waals surface area contributed by atoms with Gasteiger partial charge in [0.05, 0.1) is 24.3 Å². The highest BCUT2D eigenvalue weighted by Gasteiger charge is 2.33. The molecular formula is C8H11N3O2. The molecule has 0 radical (unpaired) electrons. The normalized spacial score (nSPS) is 27.1. The van der Waals surface area contributed by atoms with Crippen molar-refractivity contribution in [3.63, 3.8) is 0 Å². The van der Waals surface area contributed by atoms with Gasteiger partial charge in [-0.05, 0) is 6.92 Å². The molecule has 2 atom stereocenters. The number of imidazole rings is 1. The van der Waals surface area contributed by atoms with Crippen molar-refractivity contribution in [3.05, 3.63) is 18.2 Å². The third-order valence-electron chi connectivity index (χ3n) is 2.18. The Balaban J connectivity index is 2.27.